The quantitative estimate of drug-likeness (QED) is 0.235. The lowest BCUT2D eigenvalue weighted by atomic mass is 10.0. The minimum atomic E-state index is -4.02. The number of aromatic nitrogens is 2. The zero-order valence-electron chi connectivity index (χ0n) is 19.8. The Balaban J connectivity index is 1.44. The number of nitro benzene ring substituents is 1. The number of halogens is 2. The van der Waals surface area contributed by atoms with E-state index in [1.165, 1.54) is 28.6 Å². The van der Waals surface area contributed by atoms with Crippen LogP contribution >= 0.6 is 23.2 Å². The van der Waals surface area contributed by atoms with Gasteiger partial charge < -0.3 is 4.90 Å². The molecule has 37 heavy (non-hydrogen) atoms. The molecule has 192 valence electrons. The molecule has 0 bridgehead atoms. The topological polar surface area (TPSA) is 101 Å². The minimum absolute atomic E-state index is 0.185. The van der Waals surface area contributed by atoms with Gasteiger partial charge in [-0.3, -0.25) is 14.5 Å². The number of para-hydroxylation sites is 1. The highest BCUT2D eigenvalue weighted by atomic mass is 35.5. The molecule has 0 unspecified atom stereocenters. The molecule has 4 aromatic rings. The van der Waals surface area contributed by atoms with E-state index in [0.29, 0.717) is 23.1 Å². The van der Waals surface area contributed by atoms with Gasteiger partial charge >= 0.3 is 0 Å². The van der Waals surface area contributed by atoms with Crippen molar-refractivity contribution in [3.8, 4) is 11.1 Å². The molecule has 0 N–H and O–H groups in total. The molecule has 0 radical (unpaired) electrons. The molecular weight excluding hydrogens is 537 g/mol. The zero-order chi connectivity index (χ0) is 26.3. The first-order chi connectivity index (χ1) is 17.7. The van der Waals surface area contributed by atoms with Crippen molar-refractivity contribution < 1.29 is 13.3 Å². The minimum Gasteiger partial charge on any atom is -0.354 e. The molecule has 0 amide bonds. The van der Waals surface area contributed by atoms with Crippen molar-refractivity contribution in [3.05, 3.63) is 86.6 Å². The van der Waals surface area contributed by atoms with Crippen LogP contribution in [0.25, 0.3) is 16.8 Å². The van der Waals surface area contributed by atoms with Crippen LogP contribution < -0.4 is 4.90 Å². The summed E-state index contributed by atoms with van der Waals surface area (Å²) in [6, 6.07) is 12.9. The molecule has 2 aromatic carbocycles. The molecule has 5 rings (SSSR count). The normalized spacial score (nSPS) is 14.8. The van der Waals surface area contributed by atoms with Crippen molar-refractivity contribution in [1.82, 2.24) is 13.7 Å². The van der Waals surface area contributed by atoms with Gasteiger partial charge in [0.25, 0.3) is 5.69 Å². The Morgan fingerprint density at radius 3 is 2.43 bits per heavy atom. The SMILES string of the molecule is CCc1cc2ncc(N3CCN(S(=O)(=O)c4ccccc4[N+](=O)[O-])CC3)n2cc1-c1ccc(Cl)cc1Cl. The zero-order valence-corrected chi connectivity index (χ0v) is 22.2. The van der Waals surface area contributed by atoms with Gasteiger partial charge in [-0.15, -0.1) is 0 Å². The standard InChI is InChI=1S/C25H23Cl2N5O4S/c1-2-17-13-24-28-15-25(31(24)16-20(17)19-8-7-18(26)14-21(19)27)29-9-11-30(12-10-29)37(35,36)23-6-4-3-5-22(23)32(33)34/h3-8,13-16H,2,9-12H2,1H3. The third kappa shape index (κ3) is 4.66. The van der Waals surface area contributed by atoms with Gasteiger partial charge in [0.1, 0.15) is 11.5 Å². The van der Waals surface area contributed by atoms with E-state index in [0.717, 1.165) is 34.6 Å². The second-order valence-corrected chi connectivity index (χ2v) is 11.4. The molecule has 0 aliphatic carbocycles. The monoisotopic (exact) mass is 559 g/mol. The summed E-state index contributed by atoms with van der Waals surface area (Å²) < 4.78 is 29.7. The molecule has 9 nitrogen and oxygen atoms in total. The van der Waals surface area contributed by atoms with Gasteiger partial charge in [0, 0.05) is 59.6 Å². The molecule has 0 spiro atoms. The van der Waals surface area contributed by atoms with Crippen LogP contribution in [0.5, 0.6) is 0 Å². The molecule has 3 heterocycles. The van der Waals surface area contributed by atoms with Gasteiger partial charge in [-0.05, 0) is 36.2 Å². The first-order valence-electron chi connectivity index (χ1n) is 11.6. The van der Waals surface area contributed by atoms with Crippen LogP contribution in [0, 0.1) is 10.1 Å². The largest absolute Gasteiger partial charge is 0.354 e. The fourth-order valence-corrected chi connectivity index (χ4v) is 6.74. The fourth-order valence-electron chi connectivity index (χ4n) is 4.65. The number of rotatable bonds is 6. The number of pyridine rings is 1. The number of nitro groups is 1. The third-order valence-corrected chi connectivity index (χ3v) is 9.05. The summed E-state index contributed by atoms with van der Waals surface area (Å²) in [4.78, 5) is 17.1. The summed E-state index contributed by atoms with van der Waals surface area (Å²) in [5, 5.41) is 12.5. The molecule has 0 atom stereocenters. The number of piperazine rings is 1. The van der Waals surface area contributed by atoms with Crippen LogP contribution in [0.2, 0.25) is 10.0 Å². The summed E-state index contributed by atoms with van der Waals surface area (Å²) in [6.45, 7) is 3.25. The molecule has 1 fully saturated rings. The second-order valence-electron chi connectivity index (χ2n) is 8.65. The highest BCUT2D eigenvalue weighted by Gasteiger charge is 2.34. The molecule has 1 saturated heterocycles. The number of fused-ring (bicyclic) bond motifs is 1. The number of hydrogen-bond acceptors (Lipinski definition) is 6. The average Bonchev–Trinajstić information content (AvgIpc) is 3.31. The van der Waals surface area contributed by atoms with Crippen molar-refractivity contribution in [3.63, 3.8) is 0 Å². The van der Waals surface area contributed by atoms with E-state index in [9.17, 15) is 18.5 Å². The third-order valence-electron chi connectivity index (χ3n) is 6.56. The number of nitrogens with zero attached hydrogens (tertiary/aromatic N) is 5. The highest BCUT2D eigenvalue weighted by Crippen LogP contribution is 2.35. The van der Waals surface area contributed by atoms with Crippen molar-refractivity contribution in [2.24, 2.45) is 0 Å². The maximum Gasteiger partial charge on any atom is 0.289 e. The van der Waals surface area contributed by atoms with Gasteiger partial charge in [-0.25, -0.2) is 13.4 Å². The summed E-state index contributed by atoms with van der Waals surface area (Å²) in [5.74, 6) is 0.826. The molecule has 12 heteroatoms. The van der Waals surface area contributed by atoms with Crippen LogP contribution in [-0.2, 0) is 16.4 Å². The predicted octanol–water partition coefficient (Wildman–Crippen LogP) is 5.29. The Morgan fingerprint density at radius 2 is 1.76 bits per heavy atom. The fraction of sp³-hybridized carbons (Fsp3) is 0.240. The highest BCUT2D eigenvalue weighted by molar-refractivity contribution is 7.89. The smallest absolute Gasteiger partial charge is 0.289 e. The van der Waals surface area contributed by atoms with Crippen molar-refractivity contribution in [2.75, 3.05) is 31.1 Å². The Hall–Kier alpha value is -3.18. The molecule has 2 aromatic heterocycles. The lowest BCUT2D eigenvalue weighted by Gasteiger charge is -2.34. The van der Waals surface area contributed by atoms with E-state index < -0.39 is 20.6 Å². The Labute approximate surface area is 224 Å². The van der Waals surface area contributed by atoms with Crippen LogP contribution in [0.1, 0.15) is 12.5 Å². The van der Waals surface area contributed by atoms with E-state index in [1.807, 2.05) is 22.7 Å². The van der Waals surface area contributed by atoms with Crippen LogP contribution in [-0.4, -0.2) is 53.2 Å². The number of sulfonamides is 1. The number of benzene rings is 2. The maximum absolute atomic E-state index is 13.2. The van der Waals surface area contributed by atoms with Gasteiger partial charge in [0.05, 0.1) is 11.1 Å². The van der Waals surface area contributed by atoms with E-state index >= 15 is 0 Å². The average molecular weight is 560 g/mol. The maximum atomic E-state index is 13.2. The molecule has 0 saturated carbocycles. The predicted molar refractivity (Wildman–Crippen MR) is 144 cm³/mol. The van der Waals surface area contributed by atoms with E-state index in [2.05, 4.69) is 16.8 Å². The first-order valence-corrected chi connectivity index (χ1v) is 13.8. The lowest BCUT2D eigenvalue weighted by Crippen LogP contribution is -2.49. The van der Waals surface area contributed by atoms with Crippen molar-refractivity contribution in [2.45, 2.75) is 18.2 Å². The van der Waals surface area contributed by atoms with E-state index in [-0.39, 0.29) is 18.0 Å². The van der Waals surface area contributed by atoms with Crippen LogP contribution in [0.15, 0.2) is 65.8 Å². The Morgan fingerprint density at radius 1 is 1.03 bits per heavy atom. The van der Waals surface area contributed by atoms with Gasteiger partial charge in [-0.2, -0.15) is 4.31 Å². The van der Waals surface area contributed by atoms with Crippen LogP contribution in [0.3, 0.4) is 0 Å². The summed E-state index contributed by atoms with van der Waals surface area (Å²) >= 11 is 12.6. The summed E-state index contributed by atoms with van der Waals surface area (Å²) in [7, 11) is -4.02. The Kier molecular flexibility index (Phi) is 6.84. The number of imidazole rings is 1. The summed E-state index contributed by atoms with van der Waals surface area (Å²) in [6.07, 6.45) is 4.56. The molecule has 1 aliphatic heterocycles. The van der Waals surface area contributed by atoms with Gasteiger partial charge in [0.2, 0.25) is 10.0 Å². The second kappa shape index (κ2) is 9.94. The van der Waals surface area contributed by atoms with E-state index in [1.54, 1.807) is 18.3 Å². The van der Waals surface area contributed by atoms with E-state index in [4.69, 9.17) is 23.2 Å². The van der Waals surface area contributed by atoms with Crippen molar-refractivity contribution >= 4 is 50.4 Å². The molecule has 1 aliphatic rings. The number of hydrogen-bond donors (Lipinski definition) is 0. The van der Waals surface area contributed by atoms with Gasteiger partial charge in [-0.1, -0.05) is 48.3 Å². The number of anilines is 1. The number of aryl methyl sites for hydroxylation is 1. The Bertz CT molecular complexity index is 1610. The first kappa shape index (κ1) is 25.5. The summed E-state index contributed by atoms with van der Waals surface area (Å²) in [5.41, 5.74) is 3.27. The van der Waals surface area contributed by atoms with Crippen molar-refractivity contribution in [1.29, 1.82) is 0 Å². The molecular formula is C25H23Cl2N5O4S. The van der Waals surface area contributed by atoms with Gasteiger partial charge in [0.15, 0.2) is 4.90 Å². The lowest BCUT2D eigenvalue weighted by molar-refractivity contribution is -0.387. The van der Waals surface area contributed by atoms with Crippen LogP contribution in [0.4, 0.5) is 11.5 Å².